The van der Waals surface area contributed by atoms with E-state index in [0.717, 1.165) is 5.69 Å². The van der Waals surface area contributed by atoms with Crippen molar-refractivity contribution in [3.05, 3.63) is 33.9 Å². The van der Waals surface area contributed by atoms with Crippen LogP contribution in [-0.2, 0) is 4.79 Å². The minimum atomic E-state index is -0.857. The fourth-order valence-electron chi connectivity index (χ4n) is 2.13. The van der Waals surface area contributed by atoms with Crippen LogP contribution in [-0.4, -0.2) is 28.6 Å². The van der Waals surface area contributed by atoms with Crippen LogP contribution in [0.2, 0.25) is 0 Å². The number of carbonyl (C=O) groups is 1. The Morgan fingerprint density at radius 1 is 1.53 bits per heavy atom. The molecule has 1 unspecified atom stereocenters. The number of hydrogen-bond donors (Lipinski definition) is 1. The van der Waals surface area contributed by atoms with Crippen molar-refractivity contribution in [2.45, 2.75) is 33.2 Å². The molecule has 6 heteroatoms. The highest BCUT2D eigenvalue weighted by Crippen LogP contribution is 2.26. The van der Waals surface area contributed by atoms with E-state index in [1.165, 1.54) is 6.07 Å². The van der Waals surface area contributed by atoms with Gasteiger partial charge in [-0.25, -0.2) is 0 Å². The minimum absolute atomic E-state index is 0.0316. The van der Waals surface area contributed by atoms with E-state index in [1.807, 2.05) is 18.7 Å². The van der Waals surface area contributed by atoms with Gasteiger partial charge in [-0.2, -0.15) is 0 Å². The first-order valence-corrected chi connectivity index (χ1v) is 6.10. The summed E-state index contributed by atoms with van der Waals surface area (Å²) in [6.45, 7) is 6.08. The van der Waals surface area contributed by atoms with Crippen molar-refractivity contribution in [3.8, 4) is 0 Å². The molecule has 1 atom stereocenters. The minimum Gasteiger partial charge on any atom is -0.481 e. The van der Waals surface area contributed by atoms with Gasteiger partial charge in [0.1, 0.15) is 0 Å². The van der Waals surface area contributed by atoms with Gasteiger partial charge >= 0.3 is 5.97 Å². The van der Waals surface area contributed by atoms with Crippen LogP contribution in [0, 0.1) is 17.0 Å². The number of carboxylic acid groups (broad SMARTS) is 1. The lowest BCUT2D eigenvalue weighted by atomic mass is 10.1. The number of hydrogen-bond acceptors (Lipinski definition) is 4. The number of rotatable bonds is 6. The van der Waals surface area contributed by atoms with E-state index in [-0.39, 0.29) is 18.2 Å². The molecule has 0 saturated carbocycles. The third-order valence-corrected chi connectivity index (χ3v) is 3.05. The van der Waals surface area contributed by atoms with Crippen molar-refractivity contribution in [3.63, 3.8) is 0 Å². The van der Waals surface area contributed by atoms with Gasteiger partial charge < -0.3 is 10.0 Å². The highest BCUT2D eigenvalue weighted by Gasteiger charge is 2.18. The lowest BCUT2D eigenvalue weighted by Crippen LogP contribution is -2.34. The lowest BCUT2D eigenvalue weighted by Gasteiger charge is -2.29. The Morgan fingerprint density at radius 3 is 2.58 bits per heavy atom. The number of nitrogens with zero attached hydrogens (tertiary/aromatic N) is 2. The summed E-state index contributed by atoms with van der Waals surface area (Å²) in [6.07, 6.45) is 0.0316. The number of aliphatic carboxylic acids is 1. The van der Waals surface area contributed by atoms with Crippen LogP contribution in [0.4, 0.5) is 11.4 Å². The molecule has 104 valence electrons. The summed E-state index contributed by atoms with van der Waals surface area (Å²) >= 11 is 0. The third-order valence-electron chi connectivity index (χ3n) is 3.05. The monoisotopic (exact) mass is 266 g/mol. The Balaban J connectivity index is 3.02. The molecule has 0 spiro atoms. The summed E-state index contributed by atoms with van der Waals surface area (Å²) in [5, 5.41) is 19.6. The van der Waals surface area contributed by atoms with Crippen molar-refractivity contribution in [1.82, 2.24) is 0 Å². The van der Waals surface area contributed by atoms with Crippen LogP contribution in [0.3, 0.4) is 0 Å². The van der Waals surface area contributed by atoms with Gasteiger partial charge in [-0.1, -0.05) is 0 Å². The summed E-state index contributed by atoms with van der Waals surface area (Å²) in [5.41, 5.74) is 1.45. The average Bonchev–Trinajstić information content (AvgIpc) is 2.28. The number of aryl methyl sites for hydroxylation is 1. The first-order chi connectivity index (χ1) is 8.86. The SMILES string of the molecule is CCN(c1ccc([N+](=O)[O-])c(C)c1)C(C)CC(=O)O. The van der Waals surface area contributed by atoms with Crippen molar-refractivity contribution < 1.29 is 14.8 Å². The maximum atomic E-state index is 10.8. The Kier molecular flexibility index (Phi) is 4.86. The number of nitro benzene ring substituents is 1. The summed E-state index contributed by atoms with van der Waals surface area (Å²) in [5.74, 6) is -0.857. The van der Waals surface area contributed by atoms with Crippen LogP contribution in [0.25, 0.3) is 0 Å². The van der Waals surface area contributed by atoms with E-state index in [2.05, 4.69) is 0 Å². The van der Waals surface area contributed by atoms with Gasteiger partial charge in [0.05, 0.1) is 11.3 Å². The molecule has 19 heavy (non-hydrogen) atoms. The fourth-order valence-corrected chi connectivity index (χ4v) is 2.13. The Hall–Kier alpha value is -2.11. The van der Waals surface area contributed by atoms with E-state index in [9.17, 15) is 14.9 Å². The fraction of sp³-hybridized carbons (Fsp3) is 0.462. The van der Waals surface area contributed by atoms with Crippen LogP contribution in [0.5, 0.6) is 0 Å². The largest absolute Gasteiger partial charge is 0.481 e. The van der Waals surface area contributed by atoms with Gasteiger partial charge in [0.25, 0.3) is 5.69 Å². The molecule has 0 amide bonds. The van der Waals surface area contributed by atoms with Gasteiger partial charge in [0.2, 0.25) is 0 Å². The molecule has 0 aromatic heterocycles. The second-order valence-corrected chi connectivity index (χ2v) is 4.46. The zero-order valence-electron chi connectivity index (χ0n) is 11.3. The normalized spacial score (nSPS) is 11.9. The van der Waals surface area contributed by atoms with Crippen molar-refractivity contribution >= 4 is 17.3 Å². The van der Waals surface area contributed by atoms with Crippen molar-refractivity contribution in [1.29, 1.82) is 0 Å². The molecule has 0 bridgehead atoms. The summed E-state index contributed by atoms with van der Waals surface area (Å²) in [7, 11) is 0. The molecule has 1 rings (SSSR count). The topological polar surface area (TPSA) is 83.7 Å². The molecule has 1 aromatic rings. The van der Waals surface area contributed by atoms with E-state index in [1.54, 1.807) is 19.1 Å². The van der Waals surface area contributed by atoms with E-state index >= 15 is 0 Å². The molecule has 0 saturated heterocycles. The van der Waals surface area contributed by atoms with Crippen molar-refractivity contribution in [2.75, 3.05) is 11.4 Å². The van der Waals surface area contributed by atoms with Crippen LogP contribution in [0.1, 0.15) is 25.8 Å². The predicted molar refractivity (Wildman–Crippen MR) is 72.6 cm³/mol. The molecule has 0 fully saturated rings. The number of benzene rings is 1. The molecule has 1 aromatic carbocycles. The van der Waals surface area contributed by atoms with Crippen LogP contribution in [0.15, 0.2) is 18.2 Å². The van der Waals surface area contributed by atoms with E-state index in [0.29, 0.717) is 12.1 Å². The first-order valence-electron chi connectivity index (χ1n) is 6.10. The van der Waals surface area contributed by atoms with Gasteiger partial charge in [0.15, 0.2) is 0 Å². The summed E-state index contributed by atoms with van der Waals surface area (Å²) < 4.78 is 0. The van der Waals surface area contributed by atoms with Crippen LogP contribution >= 0.6 is 0 Å². The zero-order chi connectivity index (χ0) is 14.6. The predicted octanol–water partition coefficient (Wildman–Crippen LogP) is 2.59. The zero-order valence-corrected chi connectivity index (χ0v) is 11.3. The first kappa shape index (κ1) is 14.9. The second-order valence-electron chi connectivity index (χ2n) is 4.46. The molecular weight excluding hydrogens is 248 g/mol. The molecular formula is C13H18N2O4. The van der Waals surface area contributed by atoms with Gasteiger partial charge in [-0.05, 0) is 32.9 Å². The lowest BCUT2D eigenvalue weighted by molar-refractivity contribution is -0.385. The van der Waals surface area contributed by atoms with E-state index in [4.69, 9.17) is 5.11 Å². The van der Waals surface area contributed by atoms with Crippen LogP contribution < -0.4 is 4.90 Å². The molecule has 0 radical (unpaired) electrons. The maximum Gasteiger partial charge on any atom is 0.305 e. The molecule has 0 aliphatic rings. The Labute approximate surface area is 111 Å². The number of nitro groups is 1. The smallest absolute Gasteiger partial charge is 0.305 e. The van der Waals surface area contributed by atoms with Gasteiger partial charge in [0, 0.05) is 29.9 Å². The molecule has 0 aliphatic heterocycles. The van der Waals surface area contributed by atoms with Gasteiger partial charge in [-0.15, -0.1) is 0 Å². The molecule has 0 heterocycles. The molecule has 0 aliphatic carbocycles. The summed E-state index contributed by atoms with van der Waals surface area (Å²) in [6, 6.07) is 4.68. The molecule has 1 N–H and O–H groups in total. The number of carboxylic acids is 1. The summed E-state index contributed by atoms with van der Waals surface area (Å²) in [4.78, 5) is 23.0. The second kappa shape index (κ2) is 6.17. The Morgan fingerprint density at radius 2 is 2.16 bits per heavy atom. The average molecular weight is 266 g/mol. The molecule has 6 nitrogen and oxygen atoms in total. The third kappa shape index (κ3) is 3.67. The van der Waals surface area contributed by atoms with Gasteiger partial charge in [-0.3, -0.25) is 14.9 Å². The van der Waals surface area contributed by atoms with E-state index < -0.39 is 10.9 Å². The maximum absolute atomic E-state index is 10.8. The van der Waals surface area contributed by atoms with Crippen molar-refractivity contribution in [2.24, 2.45) is 0 Å². The quantitative estimate of drug-likeness (QED) is 0.632. The standard InChI is InChI=1S/C13H18N2O4/c1-4-14(10(3)8-13(16)17)11-5-6-12(15(18)19)9(2)7-11/h5-7,10H,4,8H2,1-3H3,(H,16,17). The highest BCUT2D eigenvalue weighted by atomic mass is 16.6. The number of anilines is 1. The highest BCUT2D eigenvalue weighted by molar-refractivity contribution is 5.68. The Bertz CT molecular complexity index is 488.